The van der Waals surface area contributed by atoms with E-state index in [1.807, 2.05) is 18.2 Å². The van der Waals surface area contributed by atoms with Crippen LogP contribution in [0.5, 0.6) is 5.75 Å². The second-order valence-corrected chi connectivity index (χ2v) is 5.32. The SMILES string of the molecule is Nc1ccccc1OCCOCCOCCOCCOCCBr. The van der Waals surface area contributed by atoms with Gasteiger partial charge in [0.2, 0.25) is 0 Å². The minimum absolute atomic E-state index is 0.464. The van der Waals surface area contributed by atoms with E-state index in [2.05, 4.69) is 15.9 Å². The number of rotatable bonds is 15. The molecule has 0 radical (unpaired) electrons. The number of ether oxygens (including phenoxy) is 5. The highest BCUT2D eigenvalue weighted by atomic mass is 79.9. The van der Waals surface area contributed by atoms with Crippen LogP contribution >= 0.6 is 15.9 Å². The lowest BCUT2D eigenvalue weighted by Gasteiger charge is -2.09. The van der Waals surface area contributed by atoms with Gasteiger partial charge in [-0.05, 0) is 12.1 Å². The van der Waals surface area contributed by atoms with Crippen molar-refractivity contribution in [2.75, 3.05) is 70.5 Å². The molecule has 0 aliphatic rings. The fourth-order valence-electron chi connectivity index (χ4n) is 1.64. The number of hydrogen-bond donors (Lipinski definition) is 1. The molecule has 0 aliphatic heterocycles. The number of alkyl halides is 1. The number of nitrogens with two attached hydrogens (primary N) is 1. The second-order valence-electron chi connectivity index (χ2n) is 4.52. The van der Waals surface area contributed by atoms with Gasteiger partial charge in [0.05, 0.1) is 58.5 Å². The van der Waals surface area contributed by atoms with Crippen LogP contribution in [0.4, 0.5) is 5.69 Å². The minimum atomic E-state index is 0.464. The molecular formula is C16H26BrNO5. The molecule has 1 aromatic rings. The van der Waals surface area contributed by atoms with Crippen molar-refractivity contribution >= 4 is 21.6 Å². The van der Waals surface area contributed by atoms with Crippen LogP contribution in [-0.4, -0.2) is 64.8 Å². The standard InChI is InChI=1S/C16H26BrNO5/c17-5-6-19-7-8-20-9-10-21-11-12-22-13-14-23-16-4-2-1-3-15(16)18/h1-4H,5-14,18H2. The smallest absolute Gasteiger partial charge is 0.142 e. The van der Waals surface area contributed by atoms with Gasteiger partial charge in [-0.1, -0.05) is 28.1 Å². The molecule has 0 saturated heterocycles. The monoisotopic (exact) mass is 391 g/mol. The molecule has 6 nitrogen and oxygen atoms in total. The Kier molecular flexibility index (Phi) is 12.9. The third-order valence-electron chi connectivity index (χ3n) is 2.74. The number of hydrogen-bond acceptors (Lipinski definition) is 6. The lowest BCUT2D eigenvalue weighted by Crippen LogP contribution is -2.14. The van der Waals surface area contributed by atoms with Crippen molar-refractivity contribution in [3.8, 4) is 5.75 Å². The average molecular weight is 392 g/mol. The Morgan fingerprint density at radius 3 is 1.70 bits per heavy atom. The van der Waals surface area contributed by atoms with Gasteiger partial charge in [0.25, 0.3) is 0 Å². The molecule has 0 saturated carbocycles. The fraction of sp³-hybridized carbons (Fsp3) is 0.625. The third kappa shape index (κ3) is 11.3. The lowest BCUT2D eigenvalue weighted by atomic mass is 10.3. The van der Waals surface area contributed by atoms with Gasteiger partial charge in [-0.25, -0.2) is 0 Å². The van der Waals surface area contributed by atoms with Crippen LogP contribution in [0, 0.1) is 0 Å². The summed E-state index contributed by atoms with van der Waals surface area (Å²) >= 11 is 3.29. The highest BCUT2D eigenvalue weighted by molar-refractivity contribution is 9.09. The largest absolute Gasteiger partial charge is 0.489 e. The van der Waals surface area contributed by atoms with Crippen LogP contribution in [-0.2, 0) is 18.9 Å². The molecule has 7 heteroatoms. The Morgan fingerprint density at radius 2 is 1.17 bits per heavy atom. The van der Waals surface area contributed by atoms with Crippen molar-refractivity contribution in [3.05, 3.63) is 24.3 Å². The summed E-state index contributed by atoms with van der Waals surface area (Å²) in [7, 11) is 0. The molecule has 1 aromatic carbocycles. The molecule has 0 unspecified atom stereocenters. The van der Waals surface area contributed by atoms with Gasteiger partial charge in [-0.2, -0.15) is 0 Å². The number of benzene rings is 1. The Morgan fingerprint density at radius 1 is 0.696 bits per heavy atom. The van der Waals surface area contributed by atoms with Crippen LogP contribution in [0.2, 0.25) is 0 Å². The van der Waals surface area contributed by atoms with Gasteiger partial charge in [-0.3, -0.25) is 0 Å². The summed E-state index contributed by atoms with van der Waals surface area (Å²) in [6.07, 6.45) is 0. The van der Waals surface area contributed by atoms with Gasteiger partial charge >= 0.3 is 0 Å². The molecule has 0 spiro atoms. The maximum atomic E-state index is 5.77. The van der Waals surface area contributed by atoms with E-state index in [-0.39, 0.29) is 0 Å². The zero-order valence-electron chi connectivity index (χ0n) is 13.4. The van der Waals surface area contributed by atoms with Crippen molar-refractivity contribution < 1.29 is 23.7 Å². The topological polar surface area (TPSA) is 72.2 Å². The first-order valence-corrected chi connectivity index (χ1v) is 8.81. The number of para-hydroxylation sites is 2. The molecule has 0 heterocycles. The molecule has 0 aliphatic carbocycles. The molecule has 0 bridgehead atoms. The zero-order valence-corrected chi connectivity index (χ0v) is 15.0. The molecule has 0 fully saturated rings. The zero-order chi connectivity index (χ0) is 16.6. The predicted molar refractivity (Wildman–Crippen MR) is 93.4 cm³/mol. The summed E-state index contributed by atoms with van der Waals surface area (Å²) in [6.45, 7) is 5.06. The number of nitrogen functional groups attached to an aromatic ring is 1. The van der Waals surface area contributed by atoms with Crippen molar-refractivity contribution in [1.82, 2.24) is 0 Å². The molecule has 0 amide bonds. The minimum Gasteiger partial charge on any atom is -0.489 e. The maximum Gasteiger partial charge on any atom is 0.142 e. The van der Waals surface area contributed by atoms with E-state index in [4.69, 9.17) is 29.4 Å². The Bertz CT molecular complexity index is 394. The maximum absolute atomic E-state index is 5.77. The van der Waals surface area contributed by atoms with Crippen LogP contribution in [0.15, 0.2) is 24.3 Å². The van der Waals surface area contributed by atoms with Crippen molar-refractivity contribution in [1.29, 1.82) is 0 Å². The van der Waals surface area contributed by atoms with E-state index >= 15 is 0 Å². The van der Waals surface area contributed by atoms with Crippen LogP contribution in [0.1, 0.15) is 0 Å². The van der Waals surface area contributed by atoms with Crippen LogP contribution in [0.3, 0.4) is 0 Å². The summed E-state index contributed by atoms with van der Waals surface area (Å²) < 4.78 is 26.9. The Balaban J connectivity index is 1.79. The molecule has 1 rings (SSSR count). The average Bonchev–Trinajstić information content (AvgIpc) is 2.57. The summed E-state index contributed by atoms with van der Waals surface area (Å²) in [6, 6.07) is 7.40. The number of halogens is 1. The molecule has 0 aromatic heterocycles. The van der Waals surface area contributed by atoms with E-state index < -0.39 is 0 Å². The summed E-state index contributed by atoms with van der Waals surface area (Å²) in [4.78, 5) is 0. The van der Waals surface area contributed by atoms with E-state index in [9.17, 15) is 0 Å². The molecular weight excluding hydrogens is 366 g/mol. The normalized spacial score (nSPS) is 10.8. The molecule has 0 atom stereocenters. The third-order valence-corrected chi connectivity index (χ3v) is 3.07. The van der Waals surface area contributed by atoms with Gasteiger partial charge in [0.1, 0.15) is 12.4 Å². The first kappa shape index (κ1) is 20.2. The first-order valence-electron chi connectivity index (χ1n) is 7.69. The first-order chi connectivity index (χ1) is 11.3. The van der Waals surface area contributed by atoms with E-state index in [1.165, 1.54) is 0 Å². The van der Waals surface area contributed by atoms with Crippen molar-refractivity contribution in [3.63, 3.8) is 0 Å². The molecule has 2 N–H and O–H groups in total. The molecule has 23 heavy (non-hydrogen) atoms. The number of anilines is 1. The summed E-state index contributed by atoms with van der Waals surface area (Å²) in [5.74, 6) is 0.685. The van der Waals surface area contributed by atoms with Gasteiger partial charge in [-0.15, -0.1) is 0 Å². The van der Waals surface area contributed by atoms with Crippen molar-refractivity contribution in [2.45, 2.75) is 0 Å². The van der Waals surface area contributed by atoms with Crippen LogP contribution < -0.4 is 10.5 Å². The van der Waals surface area contributed by atoms with Gasteiger partial charge in [0.15, 0.2) is 0 Å². The van der Waals surface area contributed by atoms with Gasteiger partial charge < -0.3 is 29.4 Å². The predicted octanol–water partition coefficient (Wildman–Crippen LogP) is 2.11. The second kappa shape index (κ2) is 14.7. The van der Waals surface area contributed by atoms with Crippen LogP contribution in [0.25, 0.3) is 0 Å². The quantitative estimate of drug-likeness (QED) is 0.280. The molecule has 132 valence electrons. The Labute approximate surface area is 146 Å². The highest BCUT2D eigenvalue weighted by Gasteiger charge is 1.98. The van der Waals surface area contributed by atoms with Crippen molar-refractivity contribution in [2.24, 2.45) is 0 Å². The summed E-state index contributed by atoms with van der Waals surface area (Å²) in [5.41, 5.74) is 6.40. The van der Waals surface area contributed by atoms with E-state index in [1.54, 1.807) is 6.07 Å². The fourth-order valence-corrected chi connectivity index (χ4v) is 1.87. The summed E-state index contributed by atoms with van der Waals surface area (Å²) in [5, 5.41) is 0.847. The lowest BCUT2D eigenvalue weighted by molar-refractivity contribution is -0.00313. The van der Waals surface area contributed by atoms with E-state index in [0.29, 0.717) is 70.9 Å². The van der Waals surface area contributed by atoms with E-state index in [0.717, 1.165) is 5.33 Å². The van der Waals surface area contributed by atoms with Gasteiger partial charge in [0, 0.05) is 5.33 Å². The Hall–Kier alpha value is -0.860. The highest BCUT2D eigenvalue weighted by Crippen LogP contribution is 2.19.